The van der Waals surface area contributed by atoms with Crippen molar-refractivity contribution >= 4 is 15.8 Å². The quantitative estimate of drug-likeness (QED) is 0.910. The van der Waals surface area contributed by atoms with E-state index in [1.807, 2.05) is 30.3 Å². The van der Waals surface area contributed by atoms with Gasteiger partial charge in [0.25, 0.3) is 0 Å². The van der Waals surface area contributed by atoms with E-state index in [0.717, 1.165) is 24.8 Å². The molecule has 0 radical (unpaired) electrons. The Balaban J connectivity index is 1.71. The van der Waals surface area contributed by atoms with E-state index in [-0.39, 0.29) is 11.4 Å². The number of ether oxygens (including phenoxy) is 1. The first-order chi connectivity index (χ1) is 10.1. The van der Waals surface area contributed by atoms with Gasteiger partial charge >= 0.3 is 6.09 Å². The van der Waals surface area contributed by atoms with Crippen LogP contribution in [-0.2, 0) is 21.1 Å². The second-order valence-electron chi connectivity index (χ2n) is 5.69. The fourth-order valence-electron chi connectivity index (χ4n) is 2.93. The van der Waals surface area contributed by atoms with Crippen molar-refractivity contribution in [3.05, 3.63) is 35.9 Å². The van der Waals surface area contributed by atoms with Crippen molar-refractivity contribution in [1.29, 1.82) is 0 Å². The maximum Gasteiger partial charge on any atom is 0.442 e. The average Bonchev–Trinajstić information content (AvgIpc) is 2.44. The normalized spacial score (nSPS) is 26.9. The summed E-state index contributed by atoms with van der Waals surface area (Å²) in [4.78, 5) is 11.9. The Labute approximate surface area is 125 Å². The SMILES string of the molecule is O=C(N=S1(=O)CCNCC12CCC2)OCc1ccccc1. The van der Waals surface area contributed by atoms with Crippen molar-refractivity contribution in [3.63, 3.8) is 0 Å². The van der Waals surface area contributed by atoms with E-state index >= 15 is 0 Å². The van der Waals surface area contributed by atoms with Crippen molar-refractivity contribution in [2.45, 2.75) is 30.6 Å². The summed E-state index contributed by atoms with van der Waals surface area (Å²) in [5, 5.41) is 3.27. The molecule has 1 heterocycles. The van der Waals surface area contributed by atoms with Crippen molar-refractivity contribution in [2.75, 3.05) is 18.8 Å². The minimum absolute atomic E-state index is 0.171. The molecule has 1 atom stereocenters. The molecule has 2 aliphatic rings. The van der Waals surface area contributed by atoms with E-state index < -0.39 is 15.8 Å². The number of nitrogens with zero attached hydrogens (tertiary/aromatic N) is 1. The molecule has 1 saturated carbocycles. The number of rotatable bonds is 2. The van der Waals surface area contributed by atoms with Gasteiger partial charge in [-0.25, -0.2) is 9.00 Å². The zero-order chi connectivity index (χ0) is 14.8. The summed E-state index contributed by atoms with van der Waals surface area (Å²) in [6, 6.07) is 9.44. The van der Waals surface area contributed by atoms with Crippen LogP contribution in [-0.4, -0.2) is 33.9 Å². The molecule has 5 nitrogen and oxygen atoms in total. The number of hydrogen-bond acceptors (Lipinski definition) is 4. The highest BCUT2D eigenvalue weighted by molar-refractivity contribution is 7.95. The topological polar surface area (TPSA) is 67.8 Å². The highest BCUT2D eigenvalue weighted by Crippen LogP contribution is 2.42. The molecule has 21 heavy (non-hydrogen) atoms. The summed E-state index contributed by atoms with van der Waals surface area (Å²) in [7, 11) is -2.51. The molecule has 1 N–H and O–H groups in total. The molecule has 6 heteroatoms. The molecule has 1 aliphatic carbocycles. The summed E-state index contributed by atoms with van der Waals surface area (Å²) in [5.41, 5.74) is 0.902. The molecule has 1 spiro atoms. The second kappa shape index (κ2) is 5.77. The second-order valence-corrected chi connectivity index (χ2v) is 8.43. The van der Waals surface area contributed by atoms with Crippen LogP contribution in [0, 0.1) is 0 Å². The fraction of sp³-hybridized carbons (Fsp3) is 0.533. The van der Waals surface area contributed by atoms with Crippen LogP contribution in [0.5, 0.6) is 0 Å². The van der Waals surface area contributed by atoms with Gasteiger partial charge in [0, 0.05) is 18.8 Å². The van der Waals surface area contributed by atoms with E-state index in [1.165, 1.54) is 0 Å². The van der Waals surface area contributed by atoms with Crippen LogP contribution in [0.4, 0.5) is 4.79 Å². The molecule has 1 aromatic rings. The zero-order valence-corrected chi connectivity index (χ0v) is 12.7. The summed E-state index contributed by atoms with van der Waals surface area (Å²) in [5.74, 6) is 0.438. The van der Waals surface area contributed by atoms with Crippen molar-refractivity contribution in [3.8, 4) is 0 Å². The van der Waals surface area contributed by atoms with Gasteiger partial charge in [-0.3, -0.25) is 0 Å². The van der Waals surface area contributed by atoms with Crippen LogP contribution in [0.1, 0.15) is 24.8 Å². The van der Waals surface area contributed by atoms with Crippen LogP contribution < -0.4 is 5.32 Å². The van der Waals surface area contributed by atoms with Crippen LogP contribution >= 0.6 is 0 Å². The molecule has 0 aromatic heterocycles. The van der Waals surface area contributed by atoms with Crippen molar-refractivity contribution in [1.82, 2.24) is 5.32 Å². The zero-order valence-electron chi connectivity index (χ0n) is 11.9. The third kappa shape index (κ3) is 2.82. The lowest BCUT2D eigenvalue weighted by molar-refractivity contribution is 0.151. The Morgan fingerprint density at radius 2 is 2.10 bits per heavy atom. The Morgan fingerprint density at radius 1 is 1.33 bits per heavy atom. The van der Waals surface area contributed by atoms with Gasteiger partial charge in [-0.05, 0) is 18.4 Å². The molecule has 3 rings (SSSR count). The van der Waals surface area contributed by atoms with Crippen LogP contribution in [0.3, 0.4) is 0 Å². The van der Waals surface area contributed by atoms with E-state index in [4.69, 9.17) is 4.74 Å². The number of nitrogens with one attached hydrogen (secondary N) is 1. The third-order valence-corrected chi connectivity index (χ3v) is 7.48. The molecule has 1 amide bonds. The molecule has 1 aliphatic heterocycles. The first kappa shape index (κ1) is 14.5. The van der Waals surface area contributed by atoms with Crippen molar-refractivity contribution in [2.24, 2.45) is 4.36 Å². The van der Waals surface area contributed by atoms with E-state index in [2.05, 4.69) is 9.68 Å². The van der Waals surface area contributed by atoms with Gasteiger partial charge in [0.1, 0.15) is 6.61 Å². The lowest BCUT2D eigenvalue weighted by atomic mass is 9.84. The van der Waals surface area contributed by atoms with Gasteiger partial charge in [-0.2, -0.15) is 0 Å². The van der Waals surface area contributed by atoms with Gasteiger partial charge in [-0.15, -0.1) is 4.36 Å². The Hall–Kier alpha value is -1.40. The number of benzene rings is 1. The van der Waals surface area contributed by atoms with Crippen LogP contribution in [0.15, 0.2) is 34.7 Å². The Kier molecular flexibility index (Phi) is 3.99. The largest absolute Gasteiger partial charge is 0.443 e. The summed E-state index contributed by atoms with van der Waals surface area (Å²) in [6.07, 6.45) is 2.13. The monoisotopic (exact) mass is 308 g/mol. The molecule has 1 saturated heterocycles. The first-order valence-electron chi connectivity index (χ1n) is 7.29. The predicted octanol–water partition coefficient (Wildman–Crippen LogP) is 2.32. The average molecular weight is 308 g/mol. The number of carbonyl (C=O) groups excluding carboxylic acids is 1. The predicted molar refractivity (Wildman–Crippen MR) is 81.5 cm³/mol. The van der Waals surface area contributed by atoms with Crippen LogP contribution in [0.25, 0.3) is 0 Å². The maximum atomic E-state index is 13.1. The summed E-state index contributed by atoms with van der Waals surface area (Å²) < 4.78 is 21.9. The minimum atomic E-state index is -2.51. The highest BCUT2D eigenvalue weighted by atomic mass is 32.2. The molecule has 114 valence electrons. The maximum absolute atomic E-state index is 13.1. The molecule has 1 aromatic carbocycles. The van der Waals surface area contributed by atoms with Gasteiger partial charge < -0.3 is 10.1 Å². The lowest BCUT2D eigenvalue weighted by Crippen LogP contribution is -2.58. The van der Waals surface area contributed by atoms with Gasteiger partial charge in [-0.1, -0.05) is 36.8 Å². The molecular weight excluding hydrogens is 288 g/mol. The minimum Gasteiger partial charge on any atom is -0.443 e. The van der Waals surface area contributed by atoms with Crippen molar-refractivity contribution < 1.29 is 13.7 Å². The van der Waals surface area contributed by atoms with Crippen LogP contribution in [0.2, 0.25) is 0 Å². The Morgan fingerprint density at radius 3 is 2.76 bits per heavy atom. The van der Waals surface area contributed by atoms with E-state index in [9.17, 15) is 9.00 Å². The summed E-state index contributed by atoms with van der Waals surface area (Å²) >= 11 is 0. The Bertz CT molecular complexity index is 632. The van der Waals surface area contributed by atoms with Gasteiger partial charge in [0.05, 0.1) is 14.5 Å². The first-order valence-corrected chi connectivity index (χ1v) is 8.98. The number of hydrogen-bond donors (Lipinski definition) is 1. The lowest BCUT2D eigenvalue weighted by Gasteiger charge is -2.46. The van der Waals surface area contributed by atoms with Gasteiger partial charge in [0.15, 0.2) is 0 Å². The molecule has 1 unspecified atom stereocenters. The number of amides is 1. The van der Waals surface area contributed by atoms with E-state index in [0.29, 0.717) is 18.8 Å². The fourth-order valence-corrected chi connectivity index (χ4v) is 5.62. The summed E-state index contributed by atoms with van der Waals surface area (Å²) in [6.45, 7) is 1.52. The molecule has 0 bridgehead atoms. The molecule has 2 fully saturated rings. The standard InChI is InChI=1S/C15H20N2O3S/c18-14(20-11-13-5-2-1-3-6-13)17-21(19)10-9-16-12-15(21)7-4-8-15/h1-3,5-6,16H,4,7-12H2. The van der Waals surface area contributed by atoms with Gasteiger partial charge in [0.2, 0.25) is 0 Å². The smallest absolute Gasteiger partial charge is 0.442 e. The highest BCUT2D eigenvalue weighted by Gasteiger charge is 2.48. The number of carbonyl (C=O) groups is 1. The van der Waals surface area contributed by atoms with E-state index in [1.54, 1.807) is 0 Å². The molecular formula is C15H20N2O3S. The third-order valence-electron chi connectivity index (χ3n) is 4.37.